The highest BCUT2D eigenvalue weighted by atomic mass is 16.5. The predicted octanol–water partition coefficient (Wildman–Crippen LogP) is 1.03. The molecule has 4 nitrogen and oxygen atoms in total. The van der Waals surface area contributed by atoms with Crippen LogP contribution >= 0.6 is 0 Å². The van der Waals surface area contributed by atoms with Gasteiger partial charge in [0.15, 0.2) is 6.10 Å². The van der Waals surface area contributed by atoms with Gasteiger partial charge in [0, 0.05) is 12.7 Å². The highest BCUT2D eigenvalue weighted by Gasteiger charge is 2.20. The van der Waals surface area contributed by atoms with E-state index in [-0.39, 0.29) is 6.10 Å². The van der Waals surface area contributed by atoms with Crippen molar-refractivity contribution in [1.29, 1.82) is 0 Å². The lowest BCUT2D eigenvalue weighted by molar-refractivity contribution is -0.153. The van der Waals surface area contributed by atoms with E-state index >= 15 is 0 Å². The van der Waals surface area contributed by atoms with Gasteiger partial charge in [-0.15, -0.1) is 0 Å². The Morgan fingerprint density at radius 3 is 2.23 bits per heavy atom. The lowest BCUT2D eigenvalue weighted by atomic mass is 10.1. The third kappa shape index (κ3) is 7.74. The van der Waals surface area contributed by atoms with Crippen molar-refractivity contribution in [3.63, 3.8) is 0 Å². The molecule has 0 bridgehead atoms. The minimum atomic E-state index is -0.824. The van der Waals surface area contributed by atoms with Crippen LogP contribution in [-0.4, -0.2) is 35.0 Å². The normalized spacial score (nSPS) is 22.0. The summed E-state index contributed by atoms with van der Waals surface area (Å²) in [6, 6.07) is 0. The fourth-order valence-electron chi connectivity index (χ4n) is 0.935. The zero-order valence-corrected chi connectivity index (χ0v) is 8.19. The van der Waals surface area contributed by atoms with E-state index in [0.717, 1.165) is 12.8 Å². The molecule has 1 aliphatic rings. The molecule has 1 aliphatic heterocycles. The Morgan fingerprint density at radius 1 is 1.46 bits per heavy atom. The molecule has 0 aromatic heterocycles. The summed E-state index contributed by atoms with van der Waals surface area (Å²) in [5.74, 6) is -0.824. The molecule has 1 rings (SSSR count). The minimum absolute atomic E-state index is 0.167. The van der Waals surface area contributed by atoms with Crippen LogP contribution < -0.4 is 0 Å². The van der Waals surface area contributed by atoms with Gasteiger partial charge < -0.3 is 14.9 Å². The number of hydrogen-bond donors (Lipinski definition) is 2. The predicted molar refractivity (Wildman–Crippen MR) is 48.6 cm³/mol. The maximum absolute atomic E-state index is 10.2. The van der Waals surface area contributed by atoms with E-state index in [0.29, 0.717) is 13.0 Å². The van der Waals surface area contributed by atoms with Crippen molar-refractivity contribution in [2.75, 3.05) is 6.61 Å². The number of hydrogen-bond acceptors (Lipinski definition) is 3. The van der Waals surface area contributed by atoms with Crippen molar-refractivity contribution in [3.05, 3.63) is 0 Å². The number of carboxylic acid groups (broad SMARTS) is 1. The topological polar surface area (TPSA) is 66.8 Å². The minimum Gasteiger partial charge on any atom is -0.479 e. The van der Waals surface area contributed by atoms with Crippen LogP contribution in [0, 0.1) is 0 Å². The van der Waals surface area contributed by atoms with E-state index in [1.807, 2.05) is 0 Å². The number of carbonyl (C=O) groups is 1. The SMILES string of the molecule is CC(C)O.O=C(O)C1CCCCO1. The number of ether oxygens (including phenoxy) is 1. The first kappa shape index (κ1) is 12.4. The monoisotopic (exact) mass is 190 g/mol. The molecule has 2 N–H and O–H groups in total. The number of carboxylic acids is 1. The number of aliphatic carboxylic acids is 1. The largest absolute Gasteiger partial charge is 0.479 e. The quantitative estimate of drug-likeness (QED) is 0.648. The first-order chi connectivity index (χ1) is 6.04. The Labute approximate surface area is 78.5 Å². The second-order valence-electron chi connectivity index (χ2n) is 3.29. The molecule has 78 valence electrons. The Kier molecular flexibility index (Phi) is 6.54. The Hall–Kier alpha value is -0.610. The van der Waals surface area contributed by atoms with Gasteiger partial charge in [0.25, 0.3) is 0 Å². The average molecular weight is 190 g/mol. The van der Waals surface area contributed by atoms with Crippen molar-refractivity contribution in [1.82, 2.24) is 0 Å². The molecule has 1 fully saturated rings. The highest BCUT2D eigenvalue weighted by molar-refractivity contribution is 5.72. The van der Waals surface area contributed by atoms with Crippen LogP contribution in [0.1, 0.15) is 33.1 Å². The zero-order valence-electron chi connectivity index (χ0n) is 8.19. The van der Waals surface area contributed by atoms with Crippen molar-refractivity contribution < 1.29 is 19.7 Å². The lowest BCUT2D eigenvalue weighted by Gasteiger charge is -2.17. The summed E-state index contributed by atoms with van der Waals surface area (Å²) in [4.78, 5) is 10.2. The summed E-state index contributed by atoms with van der Waals surface area (Å²) in [6.07, 6.45) is 1.97. The summed E-state index contributed by atoms with van der Waals surface area (Å²) in [7, 11) is 0. The molecule has 0 saturated carbocycles. The second kappa shape index (κ2) is 6.86. The number of aliphatic hydroxyl groups is 1. The summed E-state index contributed by atoms with van der Waals surface area (Å²) in [5, 5.41) is 16.5. The molecule has 0 amide bonds. The summed E-state index contributed by atoms with van der Waals surface area (Å²) in [6.45, 7) is 4.05. The molecular formula is C9H18O4. The third-order valence-corrected chi connectivity index (χ3v) is 1.46. The van der Waals surface area contributed by atoms with Crippen LogP contribution in [0.25, 0.3) is 0 Å². The van der Waals surface area contributed by atoms with E-state index in [9.17, 15) is 4.79 Å². The maximum atomic E-state index is 10.2. The molecule has 0 aromatic rings. The van der Waals surface area contributed by atoms with Crippen LogP contribution in [0.3, 0.4) is 0 Å². The molecule has 1 unspecified atom stereocenters. The van der Waals surface area contributed by atoms with Gasteiger partial charge in [-0.2, -0.15) is 0 Å². The Morgan fingerprint density at radius 2 is 2.00 bits per heavy atom. The van der Waals surface area contributed by atoms with Gasteiger partial charge in [-0.1, -0.05) is 0 Å². The molecule has 0 aliphatic carbocycles. The second-order valence-corrected chi connectivity index (χ2v) is 3.29. The van der Waals surface area contributed by atoms with Gasteiger partial charge in [-0.05, 0) is 33.1 Å². The first-order valence-corrected chi connectivity index (χ1v) is 4.56. The smallest absolute Gasteiger partial charge is 0.332 e. The number of aliphatic hydroxyl groups excluding tert-OH is 1. The van der Waals surface area contributed by atoms with Crippen LogP contribution in [-0.2, 0) is 9.53 Å². The molecule has 4 heteroatoms. The van der Waals surface area contributed by atoms with E-state index in [4.69, 9.17) is 14.9 Å². The van der Waals surface area contributed by atoms with Crippen LogP contribution in [0.4, 0.5) is 0 Å². The van der Waals surface area contributed by atoms with E-state index in [1.54, 1.807) is 13.8 Å². The molecule has 0 aromatic carbocycles. The maximum Gasteiger partial charge on any atom is 0.332 e. The van der Waals surface area contributed by atoms with Gasteiger partial charge in [0.2, 0.25) is 0 Å². The average Bonchev–Trinajstić information content (AvgIpc) is 2.05. The fourth-order valence-corrected chi connectivity index (χ4v) is 0.935. The van der Waals surface area contributed by atoms with Crippen LogP contribution in [0.2, 0.25) is 0 Å². The molecule has 0 spiro atoms. The Balaban J connectivity index is 0.000000310. The van der Waals surface area contributed by atoms with Gasteiger partial charge in [-0.3, -0.25) is 0 Å². The van der Waals surface area contributed by atoms with Crippen molar-refractivity contribution in [2.24, 2.45) is 0 Å². The van der Waals surface area contributed by atoms with Crippen molar-refractivity contribution in [3.8, 4) is 0 Å². The first-order valence-electron chi connectivity index (χ1n) is 4.56. The molecule has 1 atom stereocenters. The Bertz CT molecular complexity index is 136. The fraction of sp³-hybridized carbons (Fsp3) is 0.889. The van der Waals surface area contributed by atoms with Gasteiger partial charge in [0.05, 0.1) is 0 Å². The summed E-state index contributed by atoms with van der Waals surface area (Å²) >= 11 is 0. The van der Waals surface area contributed by atoms with Gasteiger partial charge in [0.1, 0.15) is 0 Å². The van der Waals surface area contributed by atoms with Gasteiger partial charge >= 0.3 is 5.97 Å². The van der Waals surface area contributed by atoms with Crippen molar-refractivity contribution in [2.45, 2.75) is 45.3 Å². The van der Waals surface area contributed by atoms with E-state index in [1.165, 1.54) is 0 Å². The molecule has 1 saturated heterocycles. The summed E-state index contributed by atoms with van der Waals surface area (Å²) in [5.41, 5.74) is 0. The van der Waals surface area contributed by atoms with Gasteiger partial charge in [-0.25, -0.2) is 4.79 Å². The summed E-state index contributed by atoms with van der Waals surface area (Å²) < 4.78 is 4.94. The van der Waals surface area contributed by atoms with E-state index < -0.39 is 12.1 Å². The van der Waals surface area contributed by atoms with E-state index in [2.05, 4.69) is 0 Å². The van der Waals surface area contributed by atoms with Crippen LogP contribution in [0.5, 0.6) is 0 Å². The molecule has 13 heavy (non-hydrogen) atoms. The standard InChI is InChI=1S/C6H10O3.C3H8O/c7-6(8)5-3-1-2-4-9-5;1-3(2)4/h5H,1-4H2,(H,7,8);3-4H,1-2H3. The molecular weight excluding hydrogens is 172 g/mol. The molecule has 0 radical (unpaired) electrons. The van der Waals surface area contributed by atoms with Crippen molar-refractivity contribution >= 4 is 5.97 Å². The zero-order chi connectivity index (χ0) is 10.3. The number of rotatable bonds is 1. The molecule has 1 heterocycles. The van der Waals surface area contributed by atoms with Crippen LogP contribution in [0.15, 0.2) is 0 Å². The third-order valence-electron chi connectivity index (χ3n) is 1.46. The highest BCUT2D eigenvalue weighted by Crippen LogP contribution is 2.11. The lowest BCUT2D eigenvalue weighted by Crippen LogP contribution is -2.27.